The van der Waals surface area contributed by atoms with E-state index >= 15 is 0 Å². The molecule has 3 unspecified atom stereocenters. The van der Waals surface area contributed by atoms with Crippen LogP contribution in [0.5, 0.6) is 0 Å². The van der Waals surface area contributed by atoms with Crippen LogP contribution in [0.3, 0.4) is 0 Å². The second-order valence-electron chi connectivity index (χ2n) is 16.9. The van der Waals surface area contributed by atoms with Gasteiger partial charge in [0.15, 0.2) is 11.0 Å². The fraction of sp³-hybridized carbons (Fsp3) is 0.465. The number of rotatable bonds is 12. The van der Waals surface area contributed by atoms with E-state index < -0.39 is 42.0 Å². The molecule has 3 aliphatic carbocycles. The number of hydrogen-bond donors (Lipinski definition) is 2. The Balaban J connectivity index is 1.05. The van der Waals surface area contributed by atoms with E-state index in [9.17, 15) is 22.8 Å². The molecule has 0 radical (unpaired) electrons. The summed E-state index contributed by atoms with van der Waals surface area (Å²) in [6.45, 7) is 10.6. The van der Waals surface area contributed by atoms with Gasteiger partial charge >= 0.3 is 13.3 Å². The molecule has 5 aliphatic rings. The average molecular weight is 787 g/mol. The van der Waals surface area contributed by atoms with Crippen LogP contribution in [0.15, 0.2) is 84.2 Å². The van der Waals surface area contributed by atoms with Crippen LogP contribution in [0.25, 0.3) is 10.8 Å². The first-order chi connectivity index (χ1) is 26.7. The second-order valence-corrected chi connectivity index (χ2v) is 17.2. The number of aromatic nitrogens is 2. The molecule has 8 nitrogen and oxygen atoms in total. The van der Waals surface area contributed by atoms with Gasteiger partial charge in [-0.25, -0.2) is 4.98 Å². The molecule has 2 bridgehead atoms. The van der Waals surface area contributed by atoms with Gasteiger partial charge < -0.3 is 19.9 Å². The predicted octanol–water partition coefficient (Wildman–Crippen LogP) is 9.06. The van der Waals surface area contributed by atoms with Crippen molar-refractivity contribution in [2.45, 2.75) is 108 Å². The van der Waals surface area contributed by atoms with Crippen LogP contribution in [0.4, 0.5) is 19.0 Å². The molecule has 13 heteroatoms. The Bertz CT molecular complexity index is 2230. The number of alkyl halides is 3. The first-order valence-electron chi connectivity index (χ1n) is 19.6. The molecule has 3 saturated carbocycles. The first-order valence-corrected chi connectivity index (χ1v) is 20.0. The zero-order chi connectivity index (χ0) is 39.6. The van der Waals surface area contributed by atoms with E-state index in [1.165, 1.54) is 27.6 Å². The Morgan fingerprint density at radius 1 is 1.07 bits per heavy atom. The van der Waals surface area contributed by atoms with E-state index in [2.05, 4.69) is 73.3 Å². The number of carbonyl (C=O) groups excluding carboxylic acids is 1. The van der Waals surface area contributed by atoms with Crippen LogP contribution < -0.4 is 16.2 Å². The highest BCUT2D eigenvalue weighted by atomic mass is 35.5. The van der Waals surface area contributed by atoms with Crippen molar-refractivity contribution in [2.24, 2.45) is 17.3 Å². The van der Waals surface area contributed by atoms with Crippen LogP contribution in [0.1, 0.15) is 93.6 Å². The van der Waals surface area contributed by atoms with Crippen LogP contribution >= 0.6 is 11.6 Å². The molecule has 0 spiro atoms. The molecule has 9 rings (SSSR count). The molecule has 56 heavy (non-hydrogen) atoms. The van der Waals surface area contributed by atoms with Gasteiger partial charge in [-0.2, -0.15) is 13.2 Å². The van der Waals surface area contributed by atoms with Crippen molar-refractivity contribution in [1.29, 1.82) is 0 Å². The molecule has 3 heterocycles. The smallest absolute Gasteiger partial charge is 0.404 e. The van der Waals surface area contributed by atoms with Gasteiger partial charge in [0.1, 0.15) is 6.04 Å². The number of halogens is 4. The molecule has 7 atom stereocenters. The van der Waals surface area contributed by atoms with Crippen LogP contribution in [-0.2, 0) is 33.2 Å². The maximum atomic E-state index is 14.5. The number of amides is 1. The molecule has 1 amide bonds. The Kier molecular flexibility index (Phi) is 10.1. The van der Waals surface area contributed by atoms with Crippen molar-refractivity contribution in [3.8, 4) is 0 Å². The SMILES string of the molecule is C=CC[C@H](NC(=O)[C@@H]1C[C@@H](CCCc2ccc3ccccc3c2)c2c(Cl)nc(NCc3cccc(C(F)(F)F)c3)c(=O)n21)B1OC2CC3CC(C3(C)C)[C@@]2(C)O1. The van der Waals surface area contributed by atoms with Crippen molar-refractivity contribution in [3.63, 3.8) is 0 Å². The highest BCUT2D eigenvalue weighted by molar-refractivity contribution is 6.48. The molecule has 2 aliphatic heterocycles. The van der Waals surface area contributed by atoms with Gasteiger partial charge in [-0.05, 0) is 103 Å². The van der Waals surface area contributed by atoms with E-state index in [-0.39, 0.29) is 40.9 Å². The third-order valence-corrected chi connectivity index (χ3v) is 13.5. The molecule has 3 aromatic carbocycles. The van der Waals surface area contributed by atoms with E-state index in [0.29, 0.717) is 42.4 Å². The van der Waals surface area contributed by atoms with Gasteiger partial charge in [0.25, 0.3) is 5.56 Å². The summed E-state index contributed by atoms with van der Waals surface area (Å²) in [5.41, 5.74) is 0.290. The topological polar surface area (TPSA) is 94.5 Å². The largest absolute Gasteiger partial charge is 0.482 e. The summed E-state index contributed by atoms with van der Waals surface area (Å²) in [4.78, 5) is 33.2. The lowest BCUT2D eigenvalue weighted by atomic mass is 9.43. The summed E-state index contributed by atoms with van der Waals surface area (Å²) >= 11 is 6.88. The maximum absolute atomic E-state index is 14.5. The molecule has 4 fully saturated rings. The standard InChI is InChI=1S/C43H47BClF3N4O4/c1-5-10-35(44-55-34-23-31-22-33(41(31,2)3)42(34,4)56-44)50-39(53)32-21-29(15-8-11-25-17-18-27-13-6-7-14-28(27)19-25)36-37(45)51-38(40(54)52(32)36)49-24-26-12-9-16-30(20-26)43(46,47)48/h5-7,9,12-14,16-20,29,31-35H,1,8,10-11,15,21-24H2,2-4H3,(H,49,51)(H,50,53)/t29-,31?,32+,33?,34?,35+,42-/m1/s1. The Labute approximate surface area is 330 Å². The first kappa shape index (κ1) is 38.7. The van der Waals surface area contributed by atoms with Crippen LogP contribution in [0.2, 0.25) is 5.15 Å². The zero-order valence-electron chi connectivity index (χ0n) is 31.9. The van der Waals surface area contributed by atoms with Crippen LogP contribution in [-0.4, -0.2) is 40.2 Å². The van der Waals surface area contributed by atoms with Crippen molar-refractivity contribution in [1.82, 2.24) is 14.9 Å². The minimum absolute atomic E-state index is 0.0749. The number of hydrogen-bond acceptors (Lipinski definition) is 6. The quantitative estimate of drug-likeness (QED) is 0.110. The monoisotopic (exact) mass is 786 g/mol. The van der Waals surface area contributed by atoms with Crippen molar-refractivity contribution < 1.29 is 27.3 Å². The van der Waals surface area contributed by atoms with Gasteiger partial charge in [-0.15, -0.1) is 6.58 Å². The fourth-order valence-electron chi connectivity index (χ4n) is 10.0. The predicted molar refractivity (Wildman–Crippen MR) is 212 cm³/mol. The third kappa shape index (κ3) is 6.96. The van der Waals surface area contributed by atoms with Crippen molar-refractivity contribution in [3.05, 3.63) is 117 Å². The Morgan fingerprint density at radius 3 is 2.61 bits per heavy atom. The Hall–Kier alpha value is -4.13. The number of aryl methyl sites for hydroxylation is 1. The number of nitrogens with one attached hydrogen (secondary N) is 2. The molecule has 4 aromatic rings. The summed E-state index contributed by atoms with van der Waals surface area (Å²) in [5, 5.41) is 8.48. The lowest BCUT2D eigenvalue weighted by Gasteiger charge is -2.64. The third-order valence-electron chi connectivity index (χ3n) is 13.2. The maximum Gasteiger partial charge on any atom is 0.482 e. The van der Waals surface area contributed by atoms with Gasteiger partial charge in [0.2, 0.25) is 5.91 Å². The van der Waals surface area contributed by atoms with Crippen LogP contribution in [0, 0.1) is 17.3 Å². The van der Waals surface area contributed by atoms with E-state index in [1.807, 2.05) is 12.1 Å². The summed E-state index contributed by atoms with van der Waals surface area (Å²) in [7, 11) is -0.692. The molecule has 294 valence electrons. The lowest BCUT2D eigenvalue weighted by molar-refractivity contribution is -0.199. The van der Waals surface area contributed by atoms with Crippen molar-refractivity contribution in [2.75, 3.05) is 5.32 Å². The highest BCUT2D eigenvalue weighted by Crippen LogP contribution is 2.65. The summed E-state index contributed by atoms with van der Waals surface area (Å²) < 4.78 is 55.0. The van der Waals surface area contributed by atoms with Gasteiger partial charge in [0.05, 0.1) is 28.9 Å². The Morgan fingerprint density at radius 2 is 1.86 bits per heavy atom. The average Bonchev–Trinajstić information content (AvgIpc) is 3.74. The highest BCUT2D eigenvalue weighted by Gasteiger charge is 2.68. The van der Waals surface area contributed by atoms with E-state index in [1.54, 1.807) is 6.08 Å². The number of carbonyl (C=O) groups is 1. The number of benzene rings is 3. The summed E-state index contributed by atoms with van der Waals surface area (Å²) in [5.74, 6) is -0.408. The van der Waals surface area contributed by atoms with Crippen molar-refractivity contribution >= 4 is 41.2 Å². The molecule has 1 saturated heterocycles. The number of anilines is 1. The lowest BCUT2D eigenvalue weighted by Crippen LogP contribution is -2.65. The molecule has 2 N–H and O–H groups in total. The molecular weight excluding hydrogens is 740 g/mol. The van der Waals surface area contributed by atoms with E-state index in [0.717, 1.165) is 43.2 Å². The minimum Gasteiger partial charge on any atom is -0.404 e. The normalized spacial score (nSPS) is 26.6. The summed E-state index contributed by atoms with van der Waals surface area (Å²) in [6, 6.07) is 18.6. The number of nitrogens with zero attached hydrogens (tertiary/aromatic N) is 2. The molecule has 1 aromatic heterocycles. The van der Waals surface area contributed by atoms with Gasteiger partial charge in [0, 0.05) is 12.5 Å². The van der Waals surface area contributed by atoms with E-state index in [4.69, 9.17) is 20.9 Å². The summed E-state index contributed by atoms with van der Waals surface area (Å²) in [6.07, 6.45) is 2.06. The van der Waals surface area contributed by atoms with Gasteiger partial charge in [-0.3, -0.25) is 14.2 Å². The fourth-order valence-corrected chi connectivity index (χ4v) is 10.4. The zero-order valence-corrected chi connectivity index (χ0v) is 32.6. The number of fused-ring (bicyclic) bond motifs is 2. The second kappa shape index (κ2) is 14.7. The minimum atomic E-state index is -4.51. The molecular formula is C43H47BClF3N4O4. The van der Waals surface area contributed by atoms with Gasteiger partial charge in [-0.1, -0.05) is 86.1 Å².